The summed E-state index contributed by atoms with van der Waals surface area (Å²) < 4.78 is 5.31. The fourth-order valence-corrected chi connectivity index (χ4v) is 1.44. The van der Waals surface area contributed by atoms with Crippen molar-refractivity contribution in [2.24, 2.45) is 0 Å². The molecule has 1 N–H and O–H groups in total. The van der Waals surface area contributed by atoms with Crippen LogP contribution in [-0.4, -0.2) is 12.1 Å². The first kappa shape index (κ1) is 9.77. The molecule has 3 heteroatoms. The van der Waals surface area contributed by atoms with Gasteiger partial charge in [-0.2, -0.15) is 0 Å². The highest BCUT2D eigenvalue weighted by Gasteiger charge is 2.23. The van der Waals surface area contributed by atoms with E-state index in [0.29, 0.717) is 5.76 Å². The van der Waals surface area contributed by atoms with E-state index >= 15 is 0 Å². The SMILES string of the molecule is Cc1ccc(/C=C2\OC(C)NC2=O)cc1. The second kappa shape index (κ2) is 3.77. The number of hydrogen-bond acceptors (Lipinski definition) is 2. The van der Waals surface area contributed by atoms with Crippen molar-refractivity contribution >= 4 is 12.0 Å². The summed E-state index contributed by atoms with van der Waals surface area (Å²) >= 11 is 0. The summed E-state index contributed by atoms with van der Waals surface area (Å²) in [5.41, 5.74) is 2.17. The van der Waals surface area contributed by atoms with E-state index in [9.17, 15) is 4.79 Å². The van der Waals surface area contributed by atoms with E-state index in [0.717, 1.165) is 5.56 Å². The highest BCUT2D eigenvalue weighted by molar-refractivity contribution is 5.97. The zero-order valence-corrected chi connectivity index (χ0v) is 8.78. The molecule has 1 heterocycles. The fraction of sp³-hybridized carbons (Fsp3) is 0.250. The molecule has 78 valence electrons. The van der Waals surface area contributed by atoms with Gasteiger partial charge in [-0.3, -0.25) is 4.79 Å². The Morgan fingerprint density at radius 1 is 1.33 bits per heavy atom. The monoisotopic (exact) mass is 203 g/mol. The van der Waals surface area contributed by atoms with E-state index < -0.39 is 0 Å². The molecule has 0 spiro atoms. The molecule has 0 bridgehead atoms. The minimum atomic E-state index is -0.228. The van der Waals surface area contributed by atoms with Crippen LogP contribution in [0.25, 0.3) is 6.08 Å². The number of rotatable bonds is 1. The molecule has 1 fully saturated rings. The Morgan fingerprint density at radius 2 is 2.00 bits per heavy atom. The maximum atomic E-state index is 11.4. The van der Waals surface area contributed by atoms with Crippen molar-refractivity contribution < 1.29 is 9.53 Å². The number of carbonyl (C=O) groups is 1. The first-order valence-electron chi connectivity index (χ1n) is 4.91. The number of amides is 1. The third-order valence-electron chi connectivity index (χ3n) is 2.24. The lowest BCUT2D eigenvalue weighted by Crippen LogP contribution is -2.22. The van der Waals surface area contributed by atoms with Gasteiger partial charge < -0.3 is 10.1 Å². The predicted molar refractivity (Wildman–Crippen MR) is 57.8 cm³/mol. The average Bonchev–Trinajstić information content (AvgIpc) is 2.49. The van der Waals surface area contributed by atoms with Crippen LogP contribution in [0.4, 0.5) is 0 Å². The zero-order valence-electron chi connectivity index (χ0n) is 8.78. The molecule has 0 saturated carbocycles. The first-order valence-corrected chi connectivity index (χ1v) is 4.91. The van der Waals surface area contributed by atoms with Crippen molar-refractivity contribution in [3.05, 3.63) is 41.2 Å². The minimum absolute atomic E-state index is 0.150. The number of ether oxygens (including phenoxy) is 1. The Balaban J connectivity index is 2.23. The van der Waals surface area contributed by atoms with E-state index in [4.69, 9.17) is 4.74 Å². The Hall–Kier alpha value is -1.77. The molecule has 3 nitrogen and oxygen atoms in total. The molecule has 1 amide bonds. The van der Waals surface area contributed by atoms with Crippen LogP contribution in [-0.2, 0) is 9.53 Å². The van der Waals surface area contributed by atoms with Crippen molar-refractivity contribution in [3.8, 4) is 0 Å². The fourth-order valence-electron chi connectivity index (χ4n) is 1.44. The second-order valence-corrected chi connectivity index (χ2v) is 3.65. The summed E-state index contributed by atoms with van der Waals surface area (Å²) in [6.07, 6.45) is 1.52. The third kappa shape index (κ3) is 2.18. The van der Waals surface area contributed by atoms with Crippen molar-refractivity contribution in [2.75, 3.05) is 0 Å². The van der Waals surface area contributed by atoms with Gasteiger partial charge in [0.25, 0.3) is 5.91 Å². The smallest absolute Gasteiger partial charge is 0.289 e. The van der Waals surface area contributed by atoms with Crippen molar-refractivity contribution in [2.45, 2.75) is 20.1 Å². The van der Waals surface area contributed by atoms with Crippen molar-refractivity contribution in [3.63, 3.8) is 0 Å². The topological polar surface area (TPSA) is 38.3 Å². The molecule has 1 aromatic rings. The number of nitrogens with one attached hydrogen (secondary N) is 1. The lowest BCUT2D eigenvalue weighted by molar-refractivity contribution is -0.116. The number of aryl methyl sites for hydroxylation is 1. The quantitative estimate of drug-likeness (QED) is 0.707. The summed E-state index contributed by atoms with van der Waals surface area (Å²) in [7, 11) is 0. The average molecular weight is 203 g/mol. The van der Waals surface area contributed by atoms with Gasteiger partial charge in [0.05, 0.1) is 0 Å². The molecule has 0 aliphatic carbocycles. The highest BCUT2D eigenvalue weighted by Crippen LogP contribution is 2.15. The van der Waals surface area contributed by atoms with Crippen LogP contribution >= 0.6 is 0 Å². The lowest BCUT2D eigenvalue weighted by atomic mass is 10.1. The molecule has 1 unspecified atom stereocenters. The Morgan fingerprint density at radius 3 is 2.53 bits per heavy atom. The third-order valence-corrected chi connectivity index (χ3v) is 2.24. The highest BCUT2D eigenvalue weighted by atomic mass is 16.5. The maximum Gasteiger partial charge on any atom is 0.289 e. The Labute approximate surface area is 88.8 Å². The van der Waals surface area contributed by atoms with Crippen LogP contribution in [0.2, 0.25) is 0 Å². The van der Waals surface area contributed by atoms with Crippen LogP contribution in [0.5, 0.6) is 0 Å². The van der Waals surface area contributed by atoms with Crippen LogP contribution in [0.1, 0.15) is 18.1 Å². The van der Waals surface area contributed by atoms with Crippen LogP contribution in [0.3, 0.4) is 0 Å². The molecule has 1 aliphatic rings. The van der Waals surface area contributed by atoms with Gasteiger partial charge in [0.15, 0.2) is 12.0 Å². The van der Waals surface area contributed by atoms with Gasteiger partial charge in [-0.1, -0.05) is 29.8 Å². The van der Waals surface area contributed by atoms with E-state index in [1.807, 2.05) is 31.2 Å². The van der Waals surface area contributed by atoms with Gasteiger partial charge in [0.1, 0.15) is 0 Å². The van der Waals surface area contributed by atoms with Crippen LogP contribution < -0.4 is 5.32 Å². The Bertz CT molecular complexity index is 406. The molecular formula is C12H13NO2. The number of carbonyl (C=O) groups excluding carboxylic acids is 1. The summed E-state index contributed by atoms with van der Waals surface area (Å²) in [6, 6.07) is 7.93. The Kier molecular flexibility index (Phi) is 2.46. The molecule has 1 atom stereocenters. The first-order chi connectivity index (χ1) is 7.15. The summed E-state index contributed by atoms with van der Waals surface area (Å²) in [5.74, 6) is 0.231. The molecule has 1 aliphatic heterocycles. The van der Waals surface area contributed by atoms with E-state index in [1.54, 1.807) is 13.0 Å². The van der Waals surface area contributed by atoms with E-state index in [1.165, 1.54) is 5.56 Å². The maximum absolute atomic E-state index is 11.4. The molecular weight excluding hydrogens is 190 g/mol. The molecule has 0 aromatic heterocycles. The second-order valence-electron chi connectivity index (χ2n) is 3.65. The minimum Gasteiger partial charge on any atom is -0.465 e. The van der Waals surface area contributed by atoms with Gasteiger partial charge in [-0.15, -0.1) is 0 Å². The lowest BCUT2D eigenvalue weighted by Gasteiger charge is -2.00. The standard InChI is InChI=1S/C12H13NO2/c1-8-3-5-10(6-4-8)7-11-12(14)13-9(2)15-11/h3-7,9H,1-2H3,(H,13,14)/b11-7-. The largest absolute Gasteiger partial charge is 0.465 e. The van der Waals surface area contributed by atoms with Crippen LogP contribution in [0, 0.1) is 6.92 Å². The van der Waals surface area contributed by atoms with Crippen molar-refractivity contribution in [1.29, 1.82) is 0 Å². The van der Waals surface area contributed by atoms with Crippen LogP contribution in [0.15, 0.2) is 30.0 Å². The summed E-state index contributed by atoms with van der Waals surface area (Å²) in [4.78, 5) is 11.4. The molecule has 2 rings (SSSR count). The van der Waals surface area contributed by atoms with Gasteiger partial charge >= 0.3 is 0 Å². The van der Waals surface area contributed by atoms with E-state index in [-0.39, 0.29) is 12.1 Å². The summed E-state index contributed by atoms with van der Waals surface area (Å²) in [5, 5.41) is 2.67. The van der Waals surface area contributed by atoms with Crippen molar-refractivity contribution in [1.82, 2.24) is 5.32 Å². The number of hydrogen-bond donors (Lipinski definition) is 1. The normalized spacial score (nSPS) is 22.7. The predicted octanol–water partition coefficient (Wildman–Crippen LogP) is 1.83. The van der Waals surface area contributed by atoms with Gasteiger partial charge in [0, 0.05) is 0 Å². The van der Waals surface area contributed by atoms with Gasteiger partial charge in [-0.05, 0) is 25.5 Å². The summed E-state index contributed by atoms with van der Waals surface area (Å²) in [6.45, 7) is 3.83. The molecule has 1 saturated heterocycles. The zero-order chi connectivity index (χ0) is 10.8. The van der Waals surface area contributed by atoms with E-state index in [2.05, 4.69) is 5.32 Å². The number of benzene rings is 1. The molecule has 15 heavy (non-hydrogen) atoms. The molecule has 1 aromatic carbocycles. The van der Waals surface area contributed by atoms with Gasteiger partial charge in [0.2, 0.25) is 0 Å². The molecule has 0 radical (unpaired) electrons. The van der Waals surface area contributed by atoms with Gasteiger partial charge in [-0.25, -0.2) is 0 Å².